The van der Waals surface area contributed by atoms with E-state index >= 15 is 0 Å². The zero-order chi connectivity index (χ0) is 10.8. The first kappa shape index (κ1) is 10.2. The highest BCUT2D eigenvalue weighted by Gasteiger charge is 2.14. The van der Waals surface area contributed by atoms with E-state index in [-0.39, 0.29) is 0 Å². The summed E-state index contributed by atoms with van der Waals surface area (Å²) in [6.07, 6.45) is 2.69. The van der Waals surface area contributed by atoms with Crippen LogP contribution < -0.4 is 0 Å². The van der Waals surface area contributed by atoms with Crippen LogP contribution in [0.3, 0.4) is 0 Å². The van der Waals surface area contributed by atoms with Gasteiger partial charge in [-0.2, -0.15) is 5.10 Å². The summed E-state index contributed by atoms with van der Waals surface area (Å²) in [4.78, 5) is 0. The second-order valence-electron chi connectivity index (χ2n) is 3.37. The molecule has 0 spiro atoms. The van der Waals surface area contributed by atoms with Crippen molar-refractivity contribution in [2.75, 3.05) is 0 Å². The van der Waals surface area contributed by atoms with Crippen LogP contribution in [0.4, 0.5) is 0 Å². The zero-order valence-electron chi connectivity index (χ0n) is 8.26. The monoisotopic (exact) mass is 222 g/mol. The molecule has 1 aromatic carbocycles. The molecule has 1 aromatic heterocycles. The van der Waals surface area contributed by atoms with Crippen LogP contribution in [0, 0.1) is 0 Å². The van der Waals surface area contributed by atoms with E-state index in [1.165, 1.54) is 0 Å². The van der Waals surface area contributed by atoms with E-state index < -0.39 is 6.10 Å². The Labute approximate surface area is 92.9 Å². The summed E-state index contributed by atoms with van der Waals surface area (Å²) in [6.45, 7) is 0. The largest absolute Gasteiger partial charge is 0.383 e. The first-order valence-corrected chi connectivity index (χ1v) is 4.97. The highest BCUT2D eigenvalue weighted by molar-refractivity contribution is 6.31. The standard InChI is InChI=1S/C11H11ClN2O/c1-14-7-8(6-13-14)11(15)9-4-2-3-5-10(9)12/h2-7,11,15H,1H3. The molecule has 1 unspecified atom stereocenters. The Morgan fingerprint density at radius 3 is 2.73 bits per heavy atom. The molecule has 2 aromatic rings. The van der Waals surface area contributed by atoms with Crippen LogP contribution in [0.1, 0.15) is 17.2 Å². The van der Waals surface area contributed by atoms with E-state index in [1.807, 2.05) is 19.2 Å². The lowest BCUT2D eigenvalue weighted by molar-refractivity contribution is 0.220. The Hall–Kier alpha value is -1.32. The Bertz CT molecular complexity index is 467. The molecule has 0 aliphatic rings. The summed E-state index contributed by atoms with van der Waals surface area (Å²) >= 11 is 5.99. The average molecular weight is 223 g/mol. The summed E-state index contributed by atoms with van der Waals surface area (Å²) in [5.41, 5.74) is 1.44. The number of hydrogen-bond donors (Lipinski definition) is 1. The molecule has 0 bridgehead atoms. The van der Waals surface area contributed by atoms with Crippen LogP contribution in [-0.4, -0.2) is 14.9 Å². The van der Waals surface area contributed by atoms with Crippen molar-refractivity contribution in [3.8, 4) is 0 Å². The van der Waals surface area contributed by atoms with Crippen molar-refractivity contribution in [2.45, 2.75) is 6.10 Å². The van der Waals surface area contributed by atoms with E-state index in [9.17, 15) is 5.11 Å². The molecule has 0 fully saturated rings. The van der Waals surface area contributed by atoms with E-state index in [0.717, 1.165) is 5.56 Å². The number of aliphatic hydroxyl groups is 1. The molecule has 0 radical (unpaired) electrons. The third-order valence-electron chi connectivity index (χ3n) is 2.24. The highest BCUT2D eigenvalue weighted by atomic mass is 35.5. The van der Waals surface area contributed by atoms with Gasteiger partial charge in [0.2, 0.25) is 0 Å². The molecule has 1 N–H and O–H groups in total. The summed E-state index contributed by atoms with van der Waals surface area (Å²) in [6, 6.07) is 7.25. The van der Waals surface area contributed by atoms with Gasteiger partial charge in [0.1, 0.15) is 6.10 Å². The van der Waals surface area contributed by atoms with Gasteiger partial charge < -0.3 is 5.11 Å². The van der Waals surface area contributed by atoms with Gasteiger partial charge in [0.15, 0.2) is 0 Å². The van der Waals surface area contributed by atoms with Gasteiger partial charge in [0, 0.05) is 29.4 Å². The molecule has 0 amide bonds. The lowest BCUT2D eigenvalue weighted by Gasteiger charge is -2.10. The van der Waals surface area contributed by atoms with Crippen LogP contribution in [0.25, 0.3) is 0 Å². The predicted octanol–water partition coefficient (Wildman–Crippen LogP) is 2.16. The fraction of sp³-hybridized carbons (Fsp3) is 0.182. The van der Waals surface area contributed by atoms with Crippen LogP contribution in [-0.2, 0) is 7.05 Å². The third kappa shape index (κ3) is 2.03. The van der Waals surface area contributed by atoms with Crippen LogP contribution in [0.2, 0.25) is 5.02 Å². The quantitative estimate of drug-likeness (QED) is 0.846. The fourth-order valence-corrected chi connectivity index (χ4v) is 1.70. The van der Waals surface area contributed by atoms with Crippen molar-refractivity contribution < 1.29 is 5.11 Å². The fourth-order valence-electron chi connectivity index (χ4n) is 1.46. The van der Waals surface area contributed by atoms with Gasteiger partial charge in [0.05, 0.1) is 6.20 Å². The van der Waals surface area contributed by atoms with Gasteiger partial charge in [-0.05, 0) is 6.07 Å². The minimum absolute atomic E-state index is 0.564. The first-order chi connectivity index (χ1) is 7.18. The lowest BCUT2D eigenvalue weighted by atomic mass is 10.1. The second kappa shape index (κ2) is 4.04. The van der Waals surface area contributed by atoms with Crippen molar-refractivity contribution in [1.29, 1.82) is 0 Å². The van der Waals surface area contributed by atoms with Crippen LogP contribution in [0.5, 0.6) is 0 Å². The summed E-state index contributed by atoms with van der Waals surface area (Å²) < 4.78 is 1.65. The van der Waals surface area contributed by atoms with Gasteiger partial charge in [-0.1, -0.05) is 29.8 Å². The first-order valence-electron chi connectivity index (χ1n) is 4.59. The molecule has 0 saturated carbocycles. The minimum Gasteiger partial charge on any atom is -0.383 e. The maximum Gasteiger partial charge on any atom is 0.109 e. The molecular weight excluding hydrogens is 212 g/mol. The Balaban J connectivity index is 2.36. The molecule has 0 aliphatic carbocycles. The summed E-state index contributed by atoms with van der Waals surface area (Å²) in [7, 11) is 1.81. The smallest absolute Gasteiger partial charge is 0.109 e. The topological polar surface area (TPSA) is 38.0 Å². The molecule has 1 heterocycles. The Morgan fingerprint density at radius 2 is 2.13 bits per heavy atom. The second-order valence-corrected chi connectivity index (χ2v) is 3.78. The molecule has 78 valence electrons. The van der Waals surface area contributed by atoms with Crippen molar-refractivity contribution in [3.05, 3.63) is 52.8 Å². The molecule has 1 atom stereocenters. The Kier molecular flexibility index (Phi) is 2.75. The number of halogens is 1. The number of benzene rings is 1. The number of nitrogens with zero attached hydrogens (tertiary/aromatic N) is 2. The minimum atomic E-state index is -0.715. The number of rotatable bonds is 2. The van der Waals surface area contributed by atoms with E-state index in [2.05, 4.69) is 5.10 Å². The number of aliphatic hydroxyl groups excluding tert-OH is 1. The highest BCUT2D eigenvalue weighted by Crippen LogP contribution is 2.27. The van der Waals surface area contributed by atoms with Crippen molar-refractivity contribution in [2.24, 2.45) is 7.05 Å². The normalized spacial score (nSPS) is 12.7. The Morgan fingerprint density at radius 1 is 1.40 bits per heavy atom. The van der Waals surface area contributed by atoms with Gasteiger partial charge >= 0.3 is 0 Å². The molecule has 3 nitrogen and oxygen atoms in total. The van der Waals surface area contributed by atoms with Gasteiger partial charge in [-0.3, -0.25) is 4.68 Å². The van der Waals surface area contributed by atoms with Gasteiger partial charge in [-0.25, -0.2) is 0 Å². The third-order valence-corrected chi connectivity index (χ3v) is 2.58. The molecule has 15 heavy (non-hydrogen) atoms. The van der Waals surface area contributed by atoms with Gasteiger partial charge in [0.25, 0.3) is 0 Å². The summed E-state index contributed by atoms with van der Waals surface area (Å²) in [5.74, 6) is 0. The van der Waals surface area contributed by atoms with E-state index in [4.69, 9.17) is 11.6 Å². The molecule has 4 heteroatoms. The van der Waals surface area contributed by atoms with E-state index in [0.29, 0.717) is 10.6 Å². The molecule has 0 saturated heterocycles. The van der Waals surface area contributed by atoms with Crippen molar-refractivity contribution in [1.82, 2.24) is 9.78 Å². The predicted molar refractivity (Wildman–Crippen MR) is 58.7 cm³/mol. The maximum atomic E-state index is 10.0. The lowest BCUT2D eigenvalue weighted by Crippen LogP contribution is -1.98. The molecular formula is C11H11ClN2O. The number of hydrogen-bond acceptors (Lipinski definition) is 2. The molecule has 2 rings (SSSR count). The van der Waals surface area contributed by atoms with Crippen molar-refractivity contribution in [3.63, 3.8) is 0 Å². The summed E-state index contributed by atoms with van der Waals surface area (Å²) in [5, 5.41) is 14.6. The number of aromatic nitrogens is 2. The van der Waals surface area contributed by atoms with Crippen molar-refractivity contribution >= 4 is 11.6 Å². The average Bonchev–Trinajstić information content (AvgIpc) is 2.65. The SMILES string of the molecule is Cn1cc(C(O)c2ccccc2Cl)cn1. The van der Waals surface area contributed by atoms with Crippen LogP contribution in [0.15, 0.2) is 36.7 Å². The van der Waals surface area contributed by atoms with E-state index in [1.54, 1.807) is 29.2 Å². The number of aryl methyl sites for hydroxylation is 1. The zero-order valence-corrected chi connectivity index (χ0v) is 9.02. The van der Waals surface area contributed by atoms with Gasteiger partial charge in [-0.15, -0.1) is 0 Å². The van der Waals surface area contributed by atoms with Crippen LogP contribution >= 0.6 is 11.6 Å². The molecule has 0 aliphatic heterocycles. The maximum absolute atomic E-state index is 10.0.